The number of benzene rings is 3. The molecule has 3 aromatic rings. The Balaban J connectivity index is 1.79. The summed E-state index contributed by atoms with van der Waals surface area (Å²) in [5.41, 5.74) is 0.866. The zero-order chi connectivity index (χ0) is 25.4. The molecular formula is C26H21FN2O6. The van der Waals surface area contributed by atoms with Crippen LogP contribution in [0.2, 0.25) is 0 Å². The fraction of sp³-hybridized carbons (Fsp3) is 0.115. The monoisotopic (exact) mass is 476 g/mol. The molecule has 0 spiro atoms. The fourth-order valence-electron chi connectivity index (χ4n) is 3.03. The topological polar surface area (TPSA) is 107 Å². The van der Waals surface area contributed by atoms with E-state index in [1.807, 2.05) is 6.07 Å². The van der Waals surface area contributed by atoms with Crippen LogP contribution >= 0.6 is 0 Å². The predicted molar refractivity (Wildman–Crippen MR) is 126 cm³/mol. The molecule has 0 aliphatic rings. The normalized spacial score (nSPS) is 10.7. The summed E-state index contributed by atoms with van der Waals surface area (Å²) in [6, 6.07) is 16.1. The molecular weight excluding hydrogens is 455 g/mol. The van der Waals surface area contributed by atoms with Gasteiger partial charge in [-0.3, -0.25) is 4.79 Å². The van der Waals surface area contributed by atoms with Gasteiger partial charge < -0.3 is 24.3 Å². The van der Waals surface area contributed by atoms with Crippen molar-refractivity contribution in [2.45, 2.75) is 0 Å². The fourth-order valence-corrected chi connectivity index (χ4v) is 3.03. The third-order valence-electron chi connectivity index (χ3n) is 4.79. The number of nitriles is 1. The molecule has 0 fully saturated rings. The lowest BCUT2D eigenvalue weighted by Gasteiger charge is -2.11. The first kappa shape index (κ1) is 24.8. The molecule has 1 amide bonds. The van der Waals surface area contributed by atoms with Gasteiger partial charge in [0.2, 0.25) is 0 Å². The van der Waals surface area contributed by atoms with Gasteiger partial charge in [0, 0.05) is 11.8 Å². The number of hydrogen-bond donors (Lipinski definition) is 1. The van der Waals surface area contributed by atoms with E-state index in [2.05, 4.69) is 5.32 Å². The number of ether oxygens (including phenoxy) is 4. The number of nitrogens with zero attached hydrogens (tertiary/aromatic N) is 1. The van der Waals surface area contributed by atoms with Crippen molar-refractivity contribution in [2.75, 3.05) is 26.6 Å². The average molecular weight is 476 g/mol. The van der Waals surface area contributed by atoms with Crippen LogP contribution in [0.1, 0.15) is 15.9 Å². The summed E-state index contributed by atoms with van der Waals surface area (Å²) < 4.78 is 34.1. The van der Waals surface area contributed by atoms with Gasteiger partial charge in [-0.05, 0) is 60.2 Å². The lowest BCUT2D eigenvalue weighted by molar-refractivity contribution is -0.112. The first-order valence-electron chi connectivity index (χ1n) is 10.2. The van der Waals surface area contributed by atoms with Gasteiger partial charge in [-0.25, -0.2) is 9.18 Å². The third kappa shape index (κ3) is 6.15. The van der Waals surface area contributed by atoms with E-state index in [-0.39, 0.29) is 22.6 Å². The minimum Gasteiger partial charge on any atom is -0.493 e. The lowest BCUT2D eigenvalue weighted by Crippen LogP contribution is -2.13. The number of rotatable bonds is 8. The van der Waals surface area contributed by atoms with Crippen LogP contribution in [0.15, 0.2) is 66.2 Å². The number of methoxy groups -OCH3 is 3. The van der Waals surface area contributed by atoms with Gasteiger partial charge in [0.05, 0.1) is 26.9 Å². The first-order chi connectivity index (χ1) is 16.9. The molecule has 0 bridgehead atoms. The maximum atomic E-state index is 13.1. The van der Waals surface area contributed by atoms with Gasteiger partial charge in [-0.1, -0.05) is 6.07 Å². The van der Waals surface area contributed by atoms with E-state index < -0.39 is 17.7 Å². The van der Waals surface area contributed by atoms with Gasteiger partial charge in [-0.15, -0.1) is 0 Å². The van der Waals surface area contributed by atoms with E-state index >= 15 is 0 Å². The van der Waals surface area contributed by atoms with Crippen LogP contribution < -0.4 is 24.3 Å². The Labute approximate surface area is 201 Å². The van der Waals surface area contributed by atoms with Gasteiger partial charge in [0.15, 0.2) is 23.0 Å². The number of carbonyl (C=O) groups is 2. The van der Waals surface area contributed by atoms with Crippen molar-refractivity contribution in [3.05, 3.63) is 83.2 Å². The molecule has 0 radical (unpaired) electrons. The molecule has 1 N–H and O–H groups in total. The standard InChI is InChI=1S/C26H21FN2O6/c1-32-21-11-9-20(14-24(21)34-3)29-25(30)18(15-28)12-16-4-10-22(23(13-16)33-2)35-26(31)17-5-7-19(27)8-6-17/h4-14H,1-3H3,(H,29,30)/b18-12-. The summed E-state index contributed by atoms with van der Waals surface area (Å²) in [5.74, 6) is -0.570. The molecule has 0 aromatic heterocycles. The van der Waals surface area contributed by atoms with Crippen LogP contribution in [-0.2, 0) is 4.79 Å². The number of hydrogen-bond acceptors (Lipinski definition) is 7. The number of halogens is 1. The van der Waals surface area contributed by atoms with Gasteiger partial charge in [0.25, 0.3) is 5.91 Å². The van der Waals surface area contributed by atoms with E-state index in [4.69, 9.17) is 18.9 Å². The molecule has 9 heteroatoms. The predicted octanol–water partition coefficient (Wildman–Crippen LogP) is 4.62. The summed E-state index contributed by atoms with van der Waals surface area (Å²) in [6.07, 6.45) is 1.37. The molecule has 178 valence electrons. The van der Waals surface area contributed by atoms with Crippen LogP contribution in [0.4, 0.5) is 10.1 Å². The molecule has 35 heavy (non-hydrogen) atoms. The average Bonchev–Trinajstić information content (AvgIpc) is 2.88. The summed E-state index contributed by atoms with van der Waals surface area (Å²) >= 11 is 0. The Kier molecular flexibility index (Phi) is 8.03. The Bertz CT molecular complexity index is 1310. The van der Waals surface area contributed by atoms with E-state index in [9.17, 15) is 19.2 Å². The molecule has 3 rings (SSSR count). The first-order valence-corrected chi connectivity index (χ1v) is 10.2. The second kappa shape index (κ2) is 11.3. The molecule has 0 saturated heterocycles. The largest absolute Gasteiger partial charge is 0.493 e. The zero-order valence-electron chi connectivity index (χ0n) is 19.1. The molecule has 3 aromatic carbocycles. The molecule has 0 heterocycles. The molecule has 8 nitrogen and oxygen atoms in total. The SMILES string of the molecule is COc1ccc(NC(=O)/C(C#N)=C\c2ccc(OC(=O)c3ccc(F)cc3)c(OC)c2)cc1OC. The number of anilines is 1. The maximum absolute atomic E-state index is 13.1. The Morgan fingerprint density at radius 2 is 1.49 bits per heavy atom. The molecule has 0 saturated carbocycles. The van der Waals surface area contributed by atoms with E-state index in [0.717, 1.165) is 12.1 Å². The third-order valence-corrected chi connectivity index (χ3v) is 4.79. The highest BCUT2D eigenvalue weighted by atomic mass is 19.1. The van der Waals surface area contributed by atoms with E-state index in [0.29, 0.717) is 22.7 Å². The number of amides is 1. The summed E-state index contributed by atoms with van der Waals surface area (Å²) in [5, 5.41) is 12.1. The van der Waals surface area contributed by atoms with Crippen LogP contribution in [0, 0.1) is 17.1 Å². The van der Waals surface area contributed by atoms with Crippen LogP contribution in [0.3, 0.4) is 0 Å². The molecule has 0 aliphatic heterocycles. The summed E-state index contributed by atoms with van der Waals surface area (Å²) in [6.45, 7) is 0. The summed E-state index contributed by atoms with van der Waals surface area (Å²) in [4.78, 5) is 25.0. The van der Waals surface area contributed by atoms with Gasteiger partial charge in [-0.2, -0.15) is 5.26 Å². The number of esters is 1. The molecule has 0 aliphatic carbocycles. The van der Waals surface area contributed by atoms with Crippen LogP contribution in [-0.4, -0.2) is 33.2 Å². The van der Waals surface area contributed by atoms with Gasteiger partial charge >= 0.3 is 5.97 Å². The van der Waals surface area contributed by atoms with Crippen molar-refractivity contribution in [1.29, 1.82) is 5.26 Å². The smallest absolute Gasteiger partial charge is 0.343 e. The van der Waals surface area contributed by atoms with Crippen molar-refractivity contribution in [3.8, 4) is 29.1 Å². The number of nitrogens with one attached hydrogen (secondary N) is 1. The van der Waals surface area contributed by atoms with Crippen LogP contribution in [0.25, 0.3) is 6.08 Å². The Morgan fingerprint density at radius 1 is 0.857 bits per heavy atom. The van der Waals surface area contributed by atoms with E-state index in [1.165, 1.54) is 51.7 Å². The Morgan fingerprint density at radius 3 is 2.11 bits per heavy atom. The minimum atomic E-state index is -0.696. The highest BCUT2D eigenvalue weighted by Gasteiger charge is 2.15. The number of carbonyl (C=O) groups excluding carboxylic acids is 2. The highest BCUT2D eigenvalue weighted by molar-refractivity contribution is 6.09. The molecule has 0 unspecified atom stereocenters. The van der Waals surface area contributed by atoms with Crippen molar-refractivity contribution in [1.82, 2.24) is 0 Å². The summed E-state index contributed by atoms with van der Waals surface area (Å²) in [7, 11) is 4.35. The lowest BCUT2D eigenvalue weighted by atomic mass is 10.1. The minimum absolute atomic E-state index is 0.118. The van der Waals surface area contributed by atoms with Gasteiger partial charge in [0.1, 0.15) is 17.5 Å². The molecule has 0 atom stereocenters. The zero-order valence-corrected chi connectivity index (χ0v) is 19.1. The second-order valence-electron chi connectivity index (χ2n) is 7.00. The van der Waals surface area contributed by atoms with Crippen molar-refractivity contribution >= 4 is 23.6 Å². The maximum Gasteiger partial charge on any atom is 0.343 e. The quantitative estimate of drug-likeness (QED) is 0.219. The van der Waals surface area contributed by atoms with Crippen molar-refractivity contribution in [2.24, 2.45) is 0 Å². The highest BCUT2D eigenvalue weighted by Crippen LogP contribution is 2.31. The van der Waals surface area contributed by atoms with Crippen LogP contribution in [0.5, 0.6) is 23.0 Å². The van der Waals surface area contributed by atoms with E-state index in [1.54, 1.807) is 24.3 Å². The second-order valence-corrected chi connectivity index (χ2v) is 7.00. The Hall–Kier alpha value is -4.84. The van der Waals surface area contributed by atoms with Crippen molar-refractivity contribution in [3.63, 3.8) is 0 Å². The van der Waals surface area contributed by atoms with Crippen molar-refractivity contribution < 1.29 is 32.9 Å².